The van der Waals surface area contributed by atoms with Gasteiger partial charge in [0, 0.05) is 16.6 Å². The summed E-state index contributed by atoms with van der Waals surface area (Å²) >= 11 is 0. The van der Waals surface area contributed by atoms with E-state index in [0.29, 0.717) is 34.6 Å². The van der Waals surface area contributed by atoms with Crippen molar-refractivity contribution in [2.45, 2.75) is 6.92 Å². The largest absolute Gasteiger partial charge is 0.494 e. The minimum Gasteiger partial charge on any atom is -0.494 e. The fraction of sp³-hybridized carbons (Fsp3) is 0.0833. The highest BCUT2D eigenvalue weighted by Gasteiger charge is 2.11. The van der Waals surface area contributed by atoms with Crippen LogP contribution in [-0.4, -0.2) is 12.5 Å². The Kier molecular flexibility index (Phi) is 5.12. The third-order valence-corrected chi connectivity index (χ3v) is 4.50. The Morgan fingerprint density at radius 1 is 0.966 bits per heavy atom. The minimum absolute atomic E-state index is 0.263. The molecule has 0 saturated carbocycles. The molecule has 0 aliphatic carbocycles. The summed E-state index contributed by atoms with van der Waals surface area (Å²) in [5.41, 5.74) is 2.25. The van der Waals surface area contributed by atoms with E-state index in [1.807, 2.05) is 25.1 Å². The predicted molar refractivity (Wildman–Crippen MR) is 113 cm³/mol. The maximum Gasteiger partial charge on any atom is 0.344 e. The molecule has 0 unspecified atom stereocenters. The van der Waals surface area contributed by atoms with Crippen LogP contribution in [0.4, 0.5) is 5.69 Å². The van der Waals surface area contributed by atoms with Crippen LogP contribution >= 0.6 is 0 Å². The smallest absolute Gasteiger partial charge is 0.344 e. The number of rotatable bonds is 5. The first-order valence-corrected chi connectivity index (χ1v) is 9.31. The van der Waals surface area contributed by atoms with Crippen molar-refractivity contribution in [3.8, 4) is 16.9 Å². The number of nitrogens with one attached hydrogen (secondary N) is 1. The lowest BCUT2D eigenvalue weighted by molar-refractivity contribution is 0.102. The Hall–Kier alpha value is -3.86. The summed E-state index contributed by atoms with van der Waals surface area (Å²) in [6, 6.07) is 23.2. The van der Waals surface area contributed by atoms with Gasteiger partial charge in [0.25, 0.3) is 5.91 Å². The summed E-state index contributed by atoms with van der Waals surface area (Å²) in [7, 11) is 0. The number of fused-ring (bicyclic) bond motifs is 1. The number of amides is 1. The van der Waals surface area contributed by atoms with Gasteiger partial charge in [-0.15, -0.1) is 0 Å². The van der Waals surface area contributed by atoms with E-state index in [1.54, 1.807) is 60.7 Å². The maximum absolute atomic E-state index is 12.7. The van der Waals surface area contributed by atoms with Crippen LogP contribution in [0.3, 0.4) is 0 Å². The number of ether oxygens (including phenoxy) is 1. The summed E-state index contributed by atoms with van der Waals surface area (Å²) in [5.74, 6) is 0.483. The first-order valence-electron chi connectivity index (χ1n) is 9.31. The molecular formula is C24H19NO4. The van der Waals surface area contributed by atoms with Gasteiger partial charge in [0.05, 0.1) is 12.2 Å². The summed E-state index contributed by atoms with van der Waals surface area (Å²) in [5, 5.41) is 3.68. The van der Waals surface area contributed by atoms with Crippen LogP contribution in [0.25, 0.3) is 22.1 Å². The highest BCUT2D eigenvalue weighted by atomic mass is 16.5. The fourth-order valence-corrected chi connectivity index (χ4v) is 3.10. The Balaban J connectivity index is 1.61. The molecule has 1 amide bonds. The van der Waals surface area contributed by atoms with E-state index < -0.39 is 5.63 Å². The Labute approximate surface area is 167 Å². The molecule has 0 radical (unpaired) electrons. The predicted octanol–water partition coefficient (Wildman–Crippen LogP) is 5.11. The monoisotopic (exact) mass is 385 g/mol. The summed E-state index contributed by atoms with van der Waals surface area (Å²) < 4.78 is 10.8. The van der Waals surface area contributed by atoms with Gasteiger partial charge in [-0.1, -0.05) is 30.3 Å². The van der Waals surface area contributed by atoms with Crippen LogP contribution < -0.4 is 15.7 Å². The van der Waals surface area contributed by atoms with Crippen LogP contribution in [-0.2, 0) is 0 Å². The van der Waals surface area contributed by atoms with Crippen molar-refractivity contribution in [2.75, 3.05) is 11.9 Å². The fourth-order valence-electron chi connectivity index (χ4n) is 3.10. The minimum atomic E-state index is -0.437. The van der Waals surface area contributed by atoms with E-state index >= 15 is 0 Å². The number of para-hydroxylation sites is 1. The van der Waals surface area contributed by atoms with Crippen molar-refractivity contribution in [3.05, 3.63) is 94.8 Å². The lowest BCUT2D eigenvalue weighted by Gasteiger charge is -2.08. The van der Waals surface area contributed by atoms with E-state index in [1.165, 1.54) is 0 Å². The molecule has 1 heterocycles. The molecule has 4 aromatic rings. The SMILES string of the molecule is CCOc1ccc(NC(=O)c2cccc(-c3cc4ccccc4oc3=O)c2)cc1. The van der Waals surface area contributed by atoms with Crippen molar-refractivity contribution in [1.29, 1.82) is 0 Å². The molecule has 1 N–H and O–H groups in total. The molecule has 5 nitrogen and oxygen atoms in total. The van der Waals surface area contributed by atoms with Gasteiger partial charge in [0.1, 0.15) is 11.3 Å². The second kappa shape index (κ2) is 8.02. The molecule has 0 aliphatic heterocycles. The molecule has 0 aliphatic rings. The maximum atomic E-state index is 12.7. The normalized spacial score (nSPS) is 10.7. The summed E-state index contributed by atoms with van der Waals surface area (Å²) in [4.78, 5) is 25.1. The van der Waals surface area contributed by atoms with Gasteiger partial charge in [-0.25, -0.2) is 4.79 Å². The standard InChI is InChI=1S/C24H19NO4/c1-2-28-20-12-10-19(11-13-20)25-23(26)18-8-5-7-16(14-18)21-15-17-6-3-4-9-22(17)29-24(21)27/h3-15H,2H2,1H3,(H,25,26). The molecule has 0 saturated heterocycles. The van der Waals surface area contributed by atoms with Crippen LogP contribution in [0.15, 0.2) is 88.1 Å². The molecule has 29 heavy (non-hydrogen) atoms. The third kappa shape index (κ3) is 4.04. The zero-order valence-electron chi connectivity index (χ0n) is 15.8. The number of hydrogen-bond donors (Lipinski definition) is 1. The molecule has 0 spiro atoms. The van der Waals surface area contributed by atoms with Crippen LogP contribution in [0.5, 0.6) is 5.75 Å². The summed E-state index contributed by atoms with van der Waals surface area (Å²) in [6.45, 7) is 2.50. The number of anilines is 1. The average molecular weight is 385 g/mol. The van der Waals surface area contributed by atoms with Gasteiger partial charge < -0.3 is 14.5 Å². The number of benzene rings is 3. The Morgan fingerprint density at radius 2 is 1.76 bits per heavy atom. The van der Waals surface area contributed by atoms with Crippen LogP contribution in [0.2, 0.25) is 0 Å². The number of carbonyl (C=O) groups is 1. The molecule has 144 valence electrons. The van der Waals surface area contributed by atoms with Crippen molar-refractivity contribution >= 4 is 22.6 Å². The second-order valence-electron chi connectivity index (χ2n) is 6.48. The molecule has 5 heteroatoms. The molecule has 0 fully saturated rings. The van der Waals surface area contributed by atoms with Crippen LogP contribution in [0.1, 0.15) is 17.3 Å². The molecule has 4 rings (SSSR count). The lowest BCUT2D eigenvalue weighted by Crippen LogP contribution is -2.12. The number of carbonyl (C=O) groups excluding carboxylic acids is 1. The first kappa shape index (κ1) is 18.5. The third-order valence-electron chi connectivity index (χ3n) is 4.50. The van der Waals surface area contributed by atoms with E-state index in [-0.39, 0.29) is 5.91 Å². The van der Waals surface area contributed by atoms with E-state index in [9.17, 15) is 9.59 Å². The lowest BCUT2D eigenvalue weighted by atomic mass is 10.0. The van der Waals surface area contributed by atoms with Crippen molar-refractivity contribution in [1.82, 2.24) is 0 Å². The zero-order valence-corrected chi connectivity index (χ0v) is 15.8. The Bertz CT molecular complexity index is 1230. The van der Waals surface area contributed by atoms with Gasteiger partial charge in [-0.3, -0.25) is 4.79 Å². The van der Waals surface area contributed by atoms with Crippen LogP contribution in [0, 0.1) is 0 Å². The van der Waals surface area contributed by atoms with Crippen molar-refractivity contribution in [2.24, 2.45) is 0 Å². The van der Waals surface area contributed by atoms with E-state index in [0.717, 1.165) is 11.1 Å². The Morgan fingerprint density at radius 3 is 2.55 bits per heavy atom. The summed E-state index contributed by atoms with van der Waals surface area (Å²) in [6.07, 6.45) is 0. The zero-order chi connectivity index (χ0) is 20.2. The number of hydrogen-bond acceptors (Lipinski definition) is 4. The average Bonchev–Trinajstić information content (AvgIpc) is 2.75. The van der Waals surface area contributed by atoms with Gasteiger partial charge in [0.2, 0.25) is 0 Å². The van der Waals surface area contributed by atoms with Crippen molar-refractivity contribution < 1.29 is 13.9 Å². The van der Waals surface area contributed by atoms with Gasteiger partial charge in [-0.2, -0.15) is 0 Å². The molecule has 0 bridgehead atoms. The highest BCUT2D eigenvalue weighted by molar-refractivity contribution is 6.05. The van der Waals surface area contributed by atoms with Gasteiger partial charge in [-0.05, 0) is 61.0 Å². The quantitative estimate of drug-likeness (QED) is 0.485. The van der Waals surface area contributed by atoms with E-state index in [2.05, 4.69) is 5.32 Å². The molecule has 0 atom stereocenters. The highest BCUT2D eigenvalue weighted by Crippen LogP contribution is 2.23. The molecule has 1 aromatic heterocycles. The molecular weight excluding hydrogens is 366 g/mol. The van der Waals surface area contributed by atoms with Gasteiger partial charge >= 0.3 is 5.63 Å². The molecule has 3 aromatic carbocycles. The second-order valence-corrected chi connectivity index (χ2v) is 6.48. The topological polar surface area (TPSA) is 68.5 Å². The van der Waals surface area contributed by atoms with Crippen molar-refractivity contribution in [3.63, 3.8) is 0 Å². The van der Waals surface area contributed by atoms with Gasteiger partial charge in [0.15, 0.2) is 0 Å². The first-order chi connectivity index (χ1) is 14.1. The van der Waals surface area contributed by atoms with E-state index in [4.69, 9.17) is 9.15 Å².